The van der Waals surface area contributed by atoms with E-state index in [1.54, 1.807) is 19.1 Å². The number of hydrogen-bond donors (Lipinski definition) is 0. The van der Waals surface area contributed by atoms with Crippen molar-refractivity contribution in [3.63, 3.8) is 0 Å². The number of methoxy groups -OCH3 is 2. The van der Waals surface area contributed by atoms with E-state index in [2.05, 4.69) is 22.0 Å². The van der Waals surface area contributed by atoms with Gasteiger partial charge in [-0.15, -0.1) is 0 Å². The topological polar surface area (TPSA) is 38.8 Å². The van der Waals surface area contributed by atoms with Crippen molar-refractivity contribution < 1.29 is 14.3 Å². The van der Waals surface area contributed by atoms with Gasteiger partial charge in [-0.1, -0.05) is 22.0 Å². The Morgan fingerprint density at radius 1 is 1.17 bits per heavy atom. The van der Waals surface area contributed by atoms with E-state index in [-0.39, 0.29) is 12.6 Å². The van der Waals surface area contributed by atoms with Crippen LogP contribution in [0.5, 0.6) is 0 Å². The van der Waals surface area contributed by atoms with Gasteiger partial charge in [-0.3, -0.25) is 4.79 Å². The van der Waals surface area contributed by atoms with Crippen molar-refractivity contribution in [3.8, 4) is 0 Å². The highest BCUT2D eigenvalue weighted by molar-refractivity contribution is 9.10. The summed E-state index contributed by atoms with van der Waals surface area (Å²) in [5, 5.41) is 0. The number of carbonyl (C=O) groups is 1. The van der Waals surface area contributed by atoms with Crippen LogP contribution in [0, 0.1) is 13.8 Å². The zero-order valence-corrected chi connectivity index (χ0v) is 16.2. The van der Waals surface area contributed by atoms with Crippen molar-refractivity contribution in [1.29, 1.82) is 0 Å². The predicted molar refractivity (Wildman–Crippen MR) is 95.2 cm³/mol. The molecular formula is C18H24BrNO3. The molecule has 0 saturated carbocycles. The summed E-state index contributed by atoms with van der Waals surface area (Å²) in [4.78, 5) is 14.9. The number of aryl methyl sites for hydroxylation is 2. The first kappa shape index (κ1) is 18.2. The number of benzene rings is 1. The van der Waals surface area contributed by atoms with Crippen LogP contribution < -0.4 is 0 Å². The standard InChI is InChI=1S/C18H24BrNO3/c1-11-7-12(2)15(14(19)8-11)16-13(9-22-5)18(3,4)20(10-23-6)17(16)21/h7-8H,9-10H2,1-6H3. The maximum Gasteiger partial charge on any atom is 0.257 e. The van der Waals surface area contributed by atoms with Gasteiger partial charge in [0.25, 0.3) is 5.91 Å². The van der Waals surface area contributed by atoms with Gasteiger partial charge in [-0.05, 0) is 50.5 Å². The Balaban J connectivity index is 2.70. The molecule has 0 N–H and O–H groups in total. The highest BCUT2D eigenvalue weighted by atomic mass is 79.9. The molecule has 0 bridgehead atoms. The van der Waals surface area contributed by atoms with E-state index >= 15 is 0 Å². The van der Waals surface area contributed by atoms with Gasteiger partial charge in [-0.2, -0.15) is 0 Å². The molecule has 126 valence electrons. The van der Waals surface area contributed by atoms with Crippen molar-refractivity contribution in [3.05, 3.63) is 38.9 Å². The Hall–Kier alpha value is -1.17. The van der Waals surface area contributed by atoms with Crippen LogP contribution in [-0.4, -0.2) is 43.9 Å². The fourth-order valence-electron chi connectivity index (χ4n) is 3.22. The second-order valence-electron chi connectivity index (χ2n) is 6.44. The average molecular weight is 382 g/mol. The molecule has 0 unspecified atom stereocenters. The maximum absolute atomic E-state index is 13.1. The molecule has 1 aliphatic rings. The first-order chi connectivity index (χ1) is 10.8. The lowest BCUT2D eigenvalue weighted by atomic mass is 9.89. The van der Waals surface area contributed by atoms with Gasteiger partial charge in [0.2, 0.25) is 0 Å². The Kier molecular flexibility index (Phi) is 5.33. The molecule has 0 atom stereocenters. The van der Waals surface area contributed by atoms with Crippen molar-refractivity contribution in [2.75, 3.05) is 27.6 Å². The van der Waals surface area contributed by atoms with Crippen molar-refractivity contribution in [2.24, 2.45) is 0 Å². The number of rotatable bonds is 5. The number of hydrogen-bond acceptors (Lipinski definition) is 3. The minimum absolute atomic E-state index is 0.0171. The molecule has 1 amide bonds. The molecular weight excluding hydrogens is 358 g/mol. The summed E-state index contributed by atoms with van der Waals surface area (Å²) in [6, 6.07) is 4.13. The van der Waals surface area contributed by atoms with E-state index in [0.717, 1.165) is 32.3 Å². The molecule has 0 aromatic heterocycles. The van der Waals surface area contributed by atoms with Crippen molar-refractivity contribution in [1.82, 2.24) is 4.90 Å². The lowest BCUT2D eigenvalue weighted by Gasteiger charge is -2.33. The van der Waals surface area contributed by atoms with Gasteiger partial charge < -0.3 is 14.4 Å². The Bertz CT molecular complexity index is 641. The number of halogens is 1. The minimum atomic E-state index is -0.449. The van der Waals surface area contributed by atoms with E-state index in [4.69, 9.17) is 9.47 Å². The van der Waals surface area contributed by atoms with Gasteiger partial charge in [0.1, 0.15) is 6.73 Å². The number of nitrogens with zero attached hydrogens (tertiary/aromatic N) is 1. The van der Waals surface area contributed by atoms with Crippen molar-refractivity contribution >= 4 is 27.4 Å². The third kappa shape index (κ3) is 3.10. The van der Waals surface area contributed by atoms with E-state index in [9.17, 15) is 4.79 Å². The zero-order valence-electron chi connectivity index (χ0n) is 14.6. The van der Waals surface area contributed by atoms with Crippen LogP contribution in [0.3, 0.4) is 0 Å². The molecule has 0 spiro atoms. The van der Waals surface area contributed by atoms with Crippen LogP contribution in [0.15, 0.2) is 22.2 Å². The molecule has 0 aliphatic carbocycles. The molecule has 0 saturated heterocycles. The first-order valence-corrected chi connectivity index (χ1v) is 8.35. The number of carbonyl (C=O) groups excluding carboxylic acids is 1. The molecule has 23 heavy (non-hydrogen) atoms. The SMILES string of the molecule is COCC1=C(c2c(C)cc(C)cc2Br)C(=O)N(COC)C1(C)C. The summed E-state index contributed by atoms with van der Waals surface area (Å²) >= 11 is 3.63. The van der Waals surface area contributed by atoms with Gasteiger partial charge in [0.05, 0.1) is 17.7 Å². The number of ether oxygens (including phenoxy) is 2. The largest absolute Gasteiger partial charge is 0.380 e. The fraction of sp³-hybridized carbons (Fsp3) is 0.500. The van der Waals surface area contributed by atoms with Gasteiger partial charge in [0, 0.05) is 24.3 Å². The second-order valence-corrected chi connectivity index (χ2v) is 7.29. The minimum Gasteiger partial charge on any atom is -0.380 e. The molecule has 1 aromatic carbocycles. The summed E-state index contributed by atoms with van der Waals surface area (Å²) in [6.07, 6.45) is 0. The molecule has 0 radical (unpaired) electrons. The highest BCUT2D eigenvalue weighted by Crippen LogP contribution is 2.43. The first-order valence-electron chi connectivity index (χ1n) is 7.56. The van der Waals surface area contributed by atoms with Crippen molar-refractivity contribution in [2.45, 2.75) is 33.2 Å². The molecule has 1 aromatic rings. The summed E-state index contributed by atoms with van der Waals surface area (Å²) in [6.45, 7) is 8.80. The molecule has 1 aliphatic heterocycles. The van der Waals surface area contributed by atoms with Crippen LogP contribution in [0.25, 0.3) is 5.57 Å². The normalized spacial score (nSPS) is 17.3. The van der Waals surface area contributed by atoms with E-state index in [1.165, 1.54) is 0 Å². The number of amides is 1. The Morgan fingerprint density at radius 2 is 1.83 bits per heavy atom. The summed E-state index contributed by atoms with van der Waals surface area (Å²) in [7, 11) is 3.26. The van der Waals surface area contributed by atoms with Crippen LogP contribution in [-0.2, 0) is 14.3 Å². The quantitative estimate of drug-likeness (QED) is 0.780. The Labute approximate surface area is 146 Å². The Morgan fingerprint density at radius 3 is 2.35 bits per heavy atom. The fourth-order valence-corrected chi connectivity index (χ4v) is 4.09. The van der Waals surface area contributed by atoms with Gasteiger partial charge >= 0.3 is 0 Å². The average Bonchev–Trinajstić information content (AvgIpc) is 2.61. The zero-order chi connectivity index (χ0) is 17.4. The molecule has 5 heteroatoms. The van der Waals surface area contributed by atoms with E-state index in [0.29, 0.717) is 6.61 Å². The van der Waals surface area contributed by atoms with Gasteiger partial charge in [0.15, 0.2) is 0 Å². The van der Waals surface area contributed by atoms with E-state index in [1.807, 2.05) is 33.8 Å². The summed E-state index contributed by atoms with van der Waals surface area (Å²) in [5.74, 6) is -0.0171. The van der Waals surface area contributed by atoms with Crippen LogP contribution in [0.1, 0.15) is 30.5 Å². The lowest BCUT2D eigenvalue weighted by Crippen LogP contribution is -2.45. The van der Waals surface area contributed by atoms with Crippen LogP contribution in [0.4, 0.5) is 0 Å². The third-order valence-electron chi connectivity index (χ3n) is 4.40. The highest BCUT2D eigenvalue weighted by Gasteiger charge is 2.45. The summed E-state index contributed by atoms with van der Waals surface area (Å²) < 4.78 is 11.6. The summed E-state index contributed by atoms with van der Waals surface area (Å²) in [5.41, 5.74) is 4.43. The lowest BCUT2D eigenvalue weighted by molar-refractivity contribution is -0.132. The molecule has 0 fully saturated rings. The molecule has 2 rings (SSSR count). The van der Waals surface area contributed by atoms with Crippen LogP contribution >= 0.6 is 15.9 Å². The predicted octanol–water partition coefficient (Wildman–Crippen LogP) is 3.69. The smallest absolute Gasteiger partial charge is 0.257 e. The van der Waals surface area contributed by atoms with Gasteiger partial charge in [-0.25, -0.2) is 0 Å². The molecule has 4 nitrogen and oxygen atoms in total. The maximum atomic E-state index is 13.1. The molecule has 1 heterocycles. The second kappa shape index (κ2) is 6.75. The van der Waals surface area contributed by atoms with Crippen LogP contribution in [0.2, 0.25) is 0 Å². The van der Waals surface area contributed by atoms with E-state index < -0.39 is 5.54 Å². The third-order valence-corrected chi connectivity index (χ3v) is 5.03. The monoisotopic (exact) mass is 381 g/mol.